The Labute approximate surface area is 153 Å². The molecule has 5 heteroatoms. The van der Waals surface area contributed by atoms with E-state index in [0.29, 0.717) is 26.2 Å². The summed E-state index contributed by atoms with van der Waals surface area (Å²) in [5.74, 6) is 0.883. The van der Waals surface area contributed by atoms with Gasteiger partial charge in [0.05, 0.1) is 45.0 Å². The molecule has 0 N–H and O–H groups in total. The molecular weight excluding hydrogens is 324 g/mol. The molecule has 0 atom stereocenters. The van der Waals surface area contributed by atoms with Gasteiger partial charge in [-0.05, 0) is 11.6 Å². The monoisotopic (exact) mass is 344 g/mol. The number of fused-ring (bicyclic) bond motifs is 2. The minimum atomic E-state index is -0.207. The molecule has 0 aromatic heterocycles. The third-order valence-electron chi connectivity index (χ3n) is 5.07. The smallest absolute Gasteiger partial charge is 0.137 e. The van der Waals surface area contributed by atoms with Gasteiger partial charge in [0.2, 0.25) is 0 Å². The van der Waals surface area contributed by atoms with E-state index in [1.807, 2.05) is 48.5 Å². The number of para-hydroxylation sites is 1. The summed E-state index contributed by atoms with van der Waals surface area (Å²) in [6.07, 6.45) is 1.60. The van der Waals surface area contributed by atoms with Crippen molar-refractivity contribution < 1.29 is 4.65 Å². The molecule has 0 saturated carbocycles. The number of amidine groups is 1. The molecule has 0 radical (unpaired) electrons. The highest BCUT2D eigenvalue weighted by Gasteiger charge is 2.28. The number of nitriles is 1. The first-order chi connectivity index (χ1) is 12.6. The first kappa shape index (κ1) is 16.5. The van der Waals surface area contributed by atoms with Crippen LogP contribution in [0.15, 0.2) is 59.6 Å². The number of quaternary nitrogens is 1. The van der Waals surface area contributed by atoms with Crippen molar-refractivity contribution >= 4 is 17.1 Å². The summed E-state index contributed by atoms with van der Waals surface area (Å²) in [5.41, 5.74) is 4.71. The van der Waals surface area contributed by atoms with E-state index in [9.17, 15) is 10.5 Å². The Morgan fingerprint density at radius 3 is 2.35 bits per heavy atom. The average molecular weight is 344 g/mol. The topological polar surface area (TPSA) is 62.4 Å². The number of benzene rings is 2. The summed E-state index contributed by atoms with van der Waals surface area (Å²) < 4.78 is -0.207. The summed E-state index contributed by atoms with van der Waals surface area (Å²) in [6.45, 7) is 2.44. The molecular formula is C21H20N4O. The van der Waals surface area contributed by atoms with Crippen LogP contribution in [0.4, 0.5) is 5.69 Å². The lowest BCUT2D eigenvalue weighted by molar-refractivity contribution is -0.864. The second-order valence-electron chi connectivity index (χ2n) is 6.92. The van der Waals surface area contributed by atoms with Gasteiger partial charge in [0, 0.05) is 22.8 Å². The maximum absolute atomic E-state index is 12.2. The number of aliphatic imine (C=N–C) groups is 1. The van der Waals surface area contributed by atoms with Crippen molar-refractivity contribution in [2.45, 2.75) is 0 Å². The van der Waals surface area contributed by atoms with Crippen molar-refractivity contribution in [3.05, 3.63) is 76.5 Å². The molecule has 1 saturated heterocycles. The molecule has 2 aliphatic heterocycles. The Morgan fingerprint density at radius 1 is 1.04 bits per heavy atom. The van der Waals surface area contributed by atoms with Gasteiger partial charge in [-0.25, -0.2) is 4.99 Å². The molecule has 2 aromatic carbocycles. The van der Waals surface area contributed by atoms with Crippen LogP contribution in [0.5, 0.6) is 0 Å². The highest BCUT2D eigenvalue weighted by atomic mass is 16.5. The standard InChI is InChI=1S/C21H20N4O/c1-25(26)14-12-24(13-15-25)21-19-8-3-2-6-16(19)17(10-11-22)18-7-4-5-9-20(18)23-21/h2-10H,12-15H2,1H3/b17-10-. The van der Waals surface area contributed by atoms with E-state index in [0.717, 1.165) is 33.8 Å². The fraction of sp³-hybridized carbons (Fsp3) is 0.238. The largest absolute Gasteiger partial charge is 0.633 e. The molecule has 0 unspecified atom stereocenters. The molecule has 2 aliphatic rings. The van der Waals surface area contributed by atoms with Crippen LogP contribution in [0, 0.1) is 16.5 Å². The molecule has 1 fully saturated rings. The van der Waals surface area contributed by atoms with E-state index in [1.165, 1.54) is 0 Å². The number of nitrogens with zero attached hydrogens (tertiary/aromatic N) is 4. The fourth-order valence-corrected chi connectivity index (χ4v) is 3.59. The van der Waals surface area contributed by atoms with Gasteiger partial charge >= 0.3 is 0 Å². The van der Waals surface area contributed by atoms with Gasteiger partial charge in [0.1, 0.15) is 5.84 Å². The van der Waals surface area contributed by atoms with Gasteiger partial charge < -0.3 is 14.8 Å². The van der Waals surface area contributed by atoms with E-state index < -0.39 is 0 Å². The van der Waals surface area contributed by atoms with Crippen LogP contribution in [0.2, 0.25) is 0 Å². The third kappa shape index (κ3) is 2.90. The van der Waals surface area contributed by atoms with Crippen molar-refractivity contribution in [2.75, 3.05) is 33.2 Å². The average Bonchev–Trinajstić information content (AvgIpc) is 2.78. The second-order valence-corrected chi connectivity index (χ2v) is 6.92. The van der Waals surface area contributed by atoms with Gasteiger partial charge in [-0.3, -0.25) is 0 Å². The van der Waals surface area contributed by atoms with E-state index >= 15 is 0 Å². The third-order valence-corrected chi connectivity index (χ3v) is 5.07. The number of piperazine rings is 1. The van der Waals surface area contributed by atoms with Gasteiger partial charge in [0.15, 0.2) is 0 Å². The minimum Gasteiger partial charge on any atom is -0.633 e. The van der Waals surface area contributed by atoms with E-state index in [2.05, 4.69) is 11.0 Å². The molecule has 0 amide bonds. The van der Waals surface area contributed by atoms with Crippen molar-refractivity contribution in [1.82, 2.24) is 4.90 Å². The first-order valence-electron chi connectivity index (χ1n) is 8.77. The number of hydroxylamine groups is 3. The zero-order chi connectivity index (χ0) is 18.1. The first-order valence-corrected chi connectivity index (χ1v) is 8.77. The van der Waals surface area contributed by atoms with E-state index in [4.69, 9.17) is 4.99 Å². The molecule has 26 heavy (non-hydrogen) atoms. The van der Waals surface area contributed by atoms with Gasteiger partial charge in [-0.2, -0.15) is 5.26 Å². The maximum Gasteiger partial charge on any atom is 0.137 e. The van der Waals surface area contributed by atoms with Gasteiger partial charge in [-0.1, -0.05) is 42.5 Å². The Kier molecular flexibility index (Phi) is 4.08. The van der Waals surface area contributed by atoms with Crippen molar-refractivity contribution in [3.63, 3.8) is 0 Å². The summed E-state index contributed by atoms with van der Waals surface area (Å²) >= 11 is 0. The van der Waals surface area contributed by atoms with Crippen LogP contribution in [0.3, 0.4) is 0 Å². The van der Waals surface area contributed by atoms with Gasteiger partial charge in [0.25, 0.3) is 0 Å². The number of likely N-dealkylation sites (N-methyl/N-ethyl adjacent to an activating group) is 1. The molecule has 2 aromatic rings. The van der Waals surface area contributed by atoms with E-state index in [1.54, 1.807) is 13.1 Å². The van der Waals surface area contributed by atoms with Crippen LogP contribution in [-0.4, -0.2) is 48.6 Å². The van der Waals surface area contributed by atoms with Crippen LogP contribution in [0.25, 0.3) is 5.57 Å². The van der Waals surface area contributed by atoms with Gasteiger partial charge in [-0.15, -0.1) is 0 Å². The fourth-order valence-electron chi connectivity index (χ4n) is 3.59. The van der Waals surface area contributed by atoms with Crippen LogP contribution >= 0.6 is 0 Å². The molecule has 0 bridgehead atoms. The van der Waals surface area contributed by atoms with Crippen molar-refractivity contribution in [1.29, 1.82) is 5.26 Å². The lowest BCUT2D eigenvalue weighted by Crippen LogP contribution is -2.55. The van der Waals surface area contributed by atoms with Crippen LogP contribution < -0.4 is 0 Å². The van der Waals surface area contributed by atoms with Crippen LogP contribution in [0.1, 0.15) is 16.7 Å². The lowest BCUT2D eigenvalue weighted by Gasteiger charge is -2.46. The number of hydrogen-bond donors (Lipinski definition) is 0. The Hall–Kier alpha value is -2.94. The lowest BCUT2D eigenvalue weighted by atomic mass is 9.93. The summed E-state index contributed by atoms with van der Waals surface area (Å²) in [7, 11) is 1.73. The van der Waals surface area contributed by atoms with Crippen molar-refractivity contribution in [3.8, 4) is 6.07 Å². The highest BCUT2D eigenvalue weighted by Crippen LogP contribution is 2.37. The minimum absolute atomic E-state index is 0.207. The molecule has 0 aliphatic carbocycles. The molecule has 2 heterocycles. The summed E-state index contributed by atoms with van der Waals surface area (Å²) in [5, 5.41) is 21.5. The molecule has 5 nitrogen and oxygen atoms in total. The van der Waals surface area contributed by atoms with E-state index in [-0.39, 0.29) is 4.65 Å². The van der Waals surface area contributed by atoms with Crippen LogP contribution in [-0.2, 0) is 0 Å². The second kappa shape index (κ2) is 6.41. The highest BCUT2D eigenvalue weighted by molar-refractivity contribution is 6.08. The zero-order valence-corrected chi connectivity index (χ0v) is 14.7. The Balaban J connectivity index is 1.89. The molecule has 4 rings (SSSR count). The number of allylic oxidation sites excluding steroid dienone is 1. The SMILES string of the molecule is C[N+]1([O-])CCN(C2=Nc3ccccc3/C(=C\C#N)c3ccccc32)CC1. The predicted molar refractivity (Wildman–Crippen MR) is 103 cm³/mol. The zero-order valence-electron chi connectivity index (χ0n) is 14.7. The predicted octanol–water partition coefficient (Wildman–Crippen LogP) is 3.29. The quantitative estimate of drug-likeness (QED) is 0.418. The molecule has 0 spiro atoms. The van der Waals surface area contributed by atoms with Crippen molar-refractivity contribution in [2.24, 2.45) is 4.99 Å². The number of hydrogen-bond acceptors (Lipinski definition) is 4. The normalized spacial score (nSPS) is 19.8. The number of rotatable bonds is 0. The maximum atomic E-state index is 12.2. The Bertz CT molecular complexity index is 942. The summed E-state index contributed by atoms with van der Waals surface area (Å²) in [6, 6.07) is 18.1. The Morgan fingerprint density at radius 2 is 1.65 bits per heavy atom. The molecule has 130 valence electrons. The summed E-state index contributed by atoms with van der Waals surface area (Å²) in [4.78, 5) is 7.16.